The fourth-order valence-electron chi connectivity index (χ4n) is 2.97. The number of carbonyl (C=O) groups is 2. The lowest BCUT2D eigenvalue weighted by molar-refractivity contribution is -0.284. The van der Waals surface area contributed by atoms with Crippen LogP contribution in [0.15, 0.2) is 11.1 Å². The van der Waals surface area contributed by atoms with E-state index < -0.39 is 60.9 Å². The van der Waals surface area contributed by atoms with Crippen LogP contribution in [0.2, 0.25) is 0 Å². The van der Waals surface area contributed by atoms with Crippen LogP contribution >= 0.6 is 0 Å². The van der Waals surface area contributed by atoms with Gasteiger partial charge < -0.3 is 40.7 Å². The largest absolute Gasteiger partial charge is 0.481 e. The predicted octanol–water partition coefficient (Wildman–Crippen LogP) is -3.41. The average Bonchev–Trinajstić information content (AvgIpc) is 3.14. The molecule has 8 N–H and O–H groups in total. The van der Waals surface area contributed by atoms with Gasteiger partial charge in [0.25, 0.3) is 5.56 Å². The number of aliphatic hydroxyl groups excluding tert-OH is 2. The van der Waals surface area contributed by atoms with Crippen molar-refractivity contribution in [3.8, 4) is 0 Å². The van der Waals surface area contributed by atoms with Gasteiger partial charge >= 0.3 is 11.9 Å². The van der Waals surface area contributed by atoms with Crippen molar-refractivity contribution in [2.75, 3.05) is 12.3 Å². The summed E-state index contributed by atoms with van der Waals surface area (Å²) in [5.41, 5.74) is 4.51. The number of nitrogens with two attached hydrogens (primary N) is 1. The quantitative estimate of drug-likeness (QED) is 0.218. The highest BCUT2D eigenvalue weighted by atomic mass is 16.7. The third-order valence-electron chi connectivity index (χ3n) is 4.32. The van der Waals surface area contributed by atoms with Gasteiger partial charge in [-0.05, 0) is 0 Å². The van der Waals surface area contributed by atoms with E-state index in [1.165, 1.54) is 0 Å². The maximum absolute atomic E-state index is 11.9. The number of nitrogens with zero attached hydrogens (tertiary/aromatic N) is 3. The number of aromatic amines is 1. The first-order chi connectivity index (χ1) is 13.6. The fraction of sp³-hybridized carbons (Fsp3) is 0.500. The number of H-pyrrole nitrogens is 1. The smallest absolute Gasteiger partial charge is 0.333 e. The number of rotatable bonds is 7. The van der Waals surface area contributed by atoms with Crippen LogP contribution in [0, 0.1) is 0 Å². The van der Waals surface area contributed by atoms with Crippen LogP contribution < -0.4 is 11.3 Å². The van der Waals surface area contributed by atoms with E-state index in [1.807, 2.05) is 0 Å². The first-order valence-electron chi connectivity index (χ1n) is 8.10. The number of fused-ring (bicyclic) bond motifs is 1. The Kier molecular flexibility index (Phi) is 5.24. The maximum atomic E-state index is 11.9. The summed E-state index contributed by atoms with van der Waals surface area (Å²) >= 11 is 0. The molecule has 1 fully saturated rings. The molecule has 0 radical (unpaired) electrons. The molecule has 29 heavy (non-hydrogen) atoms. The zero-order chi connectivity index (χ0) is 21.5. The van der Waals surface area contributed by atoms with Crippen LogP contribution in [0.25, 0.3) is 11.2 Å². The van der Waals surface area contributed by atoms with Gasteiger partial charge in [-0.1, -0.05) is 0 Å². The summed E-state index contributed by atoms with van der Waals surface area (Å²) in [6.07, 6.45) is -7.28. The van der Waals surface area contributed by atoms with E-state index in [0.717, 1.165) is 10.9 Å². The molecule has 0 amide bonds. The highest BCUT2D eigenvalue weighted by molar-refractivity contribution is 5.79. The van der Waals surface area contributed by atoms with E-state index in [4.69, 9.17) is 25.4 Å². The third kappa shape index (κ3) is 3.52. The number of aliphatic hydroxyl groups is 3. The molecule has 2 aromatic rings. The number of nitrogen functional groups attached to an aromatic ring is 1. The minimum Gasteiger partial charge on any atom is -0.481 e. The lowest BCUT2D eigenvalue weighted by atomic mass is 10.1. The average molecular weight is 415 g/mol. The second-order valence-electron chi connectivity index (χ2n) is 6.21. The molecule has 3 rings (SSSR count). The number of aliphatic carboxylic acids is 2. The molecule has 1 saturated heterocycles. The molecule has 15 nitrogen and oxygen atoms in total. The summed E-state index contributed by atoms with van der Waals surface area (Å²) in [6.45, 7) is -0.924. The molecular weight excluding hydrogens is 398 g/mol. The zero-order valence-corrected chi connectivity index (χ0v) is 14.5. The second-order valence-corrected chi connectivity index (χ2v) is 6.21. The first-order valence-corrected chi connectivity index (χ1v) is 8.10. The number of carboxylic acids is 2. The number of nitrogens with one attached hydrogen (secondary N) is 1. The molecule has 5 atom stereocenters. The Hall–Kier alpha value is -3.11. The van der Waals surface area contributed by atoms with Gasteiger partial charge in [0.1, 0.15) is 6.10 Å². The zero-order valence-electron chi connectivity index (χ0n) is 14.5. The number of anilines is 1. The van der Waals surface area contributed by atoms with Crippen molar-refractivity contribution in [1.82, 2.24) is 19.5 Å². The Morgan fingerprint density at radius 1 is 1.45 bits per heavy atom. The third-order valence-corrected chi connectivity index (χ3v) is 4.32. The van der Waals surface area contributed by atoms with E-state index in [2.05, 4.69) is 15.0 Å². The van der Waals surface area contributed by atoms with E-state index in [1.54, 1.807) is 0 Å². The van der Waals surface area contributed by atoms with Gasteiger partial charge in [0, 0.05) is 0 Å². The van der Waals surface area contributed by atoms with Crippen LogP contribution in [0.4, 0.5) is 5.95 Å². The lowest BCUT2D eigenvalue weighted by Gasteiger charge is -2.32. The van der Waals surface area contributed by atoms with E-state index >= 15 is 0 Å². The second kappa shape index (κ2) is 7.37. The molecule has 1 aliphatic rings. The Bertz CT molecular complexity index is 1000. The Morgan fingerprint density at radius 2 is 2.14 bits per heavy atom. The van der Waals surface area contributed by atoms with Crippen molar-refractivity contribution in [2.24, 2.45) is 0 Å². The van der Waals surface area contributed by atoms with Gasteiger partial charge in [0.15, 0.2) is 29.6 Å². The van der Waals surface area contributed by atoms with E-state index in [9.17, 15) is 29.7 Å². The minimum atomic E-state index is -2.80. The Morgan fingerprint density at radius 3 is 2.72 bits per heavy atom. The molecule has 0 bridgehead atoms. The van der Waals surface area contributed by atoms with Crippen LogP contribution in [-0.2, 0) is 19.1 Å². The summed E-state index contributed by atoms with van der Waals surface area (Å²) in [6, 6.07) is 0. The van der Waals surface area contributed by atoms with Gasteiger partial charge in [0.2, 0.25) is 11.7 Å². The summed E-state index contributed by atoms with van der Waals surface area (Å²) in [5.74, 6) is -6.33. The van der Waals surface area contributed by atoms with Gasteiger partial charge in [-0.25, -0.2) is 9.78 Å². The van der Waals surface area contributed by atoms with Crippen LogP contribution in [-0.4, -0.2) is 87.7 Å². The number of imidazole rings is 1. The molecule has 0 spiro atoms. The number of hydrogen-bond acceptors (Lipinski definition) is 11. The molecule has 158 valence electrons. The van der Waals surface area contributed by atoms with Crippen LogP contribution in [0.1, 0.15) is 12.6 Å². The molecule has 15 heteroatoms. The molecule has 2 aromatic heterocycles. The normalized spacial score (nSPS) is 27.9. The van der Waals surface area contributed by atoms with Crippen molar-refractivity contribution in [2.45, 2.75) is 36.7 Å². The van der Waals surface area contributed by atoms with E-state index in [0.29, 0.717) is 0 Å². The van der Waals surface area contributed by atoms with Gasteiger partial charge in [0.05, 0.1) is 19.4 Å². The highest BCUT2D eigenvalue weighted by Crippen LogP contribution is 2.39. The van der Waals surface area contributed by atoms with Crippen molar-refractivity contribution < 1.29 is 44.6 Å². The monoisotopic (exact) mass is 415 g/mol. The van der Waals surface area contributed by atoms with Gasteiger partial charge in [-0.3, -0.25) is 19.1 Å². The molecule has 1 aliphatic heterocycles. The predicted molar refractivity (Wildman–Crippen MR) is 89.3 cm³/mol. The number of hydrogen-bond donors (Lipinski definition) is 7. The van der Waals surface area contributed by atoms with Crippen molar-refractivity contribution in [1.29, 1.82) is 0 Å². The fourth-order valence-corrected chi connectivity index (χ4v) is 2.97. The SMILES string of the molecule is Nc1nc2c(ncn2[C@@H]2O[C@H](CO)[C@](O)(OC(CC(=O)O)C(=O)O)[C@H]2O)c(=O)[nH]1. The molecule has 3 heterocycles. The number of ether oxygens (including phenoxy) is 2. The lowest BCUT2D eigenvalue weighted by Crippen LogP contribution is -2.54. The topological polar surface area (TPSA) is 243 Å². The molecular formula is C14H17N5O10. The molecule has 1 unspecified atom stereocenters. The molecule has 0 aliphatic carbocycles. The van der Waals surface area contributed by atoms with Crippen LogP contribution in [0.5, 0.6) is 0 Å². The molecule has 0 saturated carbocycles. The number of aromatic nitrogens is 4. The van der Waals surface area contributed by atoms with Crippen molar-refractivity contribution in [3.05, 3.63) is 16.7 Å². The molecule has 0 aromatic carbocycles. The Balaban J connectivity index is 1.99. The van der Waals surface area contributed by atoms with Gasteiger partial charge in [-0.2, -0.15) is 4.98 Å². The Labute approximate surface area is 159 Å². The summed E-state index contributed by atoms with van der Waals surface area (Å²) in [5, 5.41) is 48.8. The minimum absolute atomic E-state index is 0.128. The van der Waals surface area contributed by atoms with Crippen molar-refractivity contribution in [3.63, 3.8) is 0 Å². The highest BCUT2D eigenvalue weighted by Gasteiger charge is 2.59. The van der Waals surface area contributed by atoms with Crippen molar-refractivity contribution >= 4 is 29.1 Å². The summed E-state index contributed by atoms with van der Waals surface area (Å²) in [7, 11) is 0. The maximum Gasteiger partial charge on any atom is 0.333 e. The standard InChI is InChI=1S/C14H17N5O10/c15-13-17-9-7(10(24)18-13)16-3-19(9)11-8(23)14(27,5(2-20)28-11)29-4(12(25)26)1-6(21)22/h3-5,8,11,20,23,27H,1-2H2,(H,21,22)(H,25,26)(H3,15,17,18,24)/t4?,5-,8+,11-,14+/m1/s1. The van der Waals surface area contributed by atoms with Gasteiger partial charge in [-0.15, -0.1) is 0 Å². The summed E-state index contributed by atoms with van der Waals surface area (Å²) in [4.78, 5) is 43.9. The van der Waals surface area contributed by atoms with Crippen LogP contribution in [0.3, 0.4) is 0 Å². The summed E-state index contributed by atoms with van der Waals surface area (Å²) < 4.78 is 11.4. The van der Waals surface area contributed by atoms with E-state index in [-0.39, 0.29) is 17.1 Å². The number of carboxylic acid groups (broad SMARTS) is 2. The first kappa shape index (κ1) is 20.6.